The first-order valence-electron chi connectivity index (χ1n) is 5.44. The minimum absolute atomic E-state index is 0.287. The van der Waals surface area contributed by atoms with E-state index < -0.39 is 0 Å². The van der Waals surface area contributed by atoms with Gasteiger partial charge in [0.2, 0.25) is 0 Å². The number of benzene rings is 1. The summed E-state index contributed by atoms with van der Waals surface area (Å²) in [6.07, 6.45) is 1.65. The second-order valence-electron chi connectivity index (χ2n) is 4.52. The predicted octanol–water partition coefficient (Wildman–Crippen LogP) is 4.81. The van der Waals surface area contributed by atoms with Gasteiger partial charge in [-0.2, -0.15) is 5.26 Å². The van der Waals surface area contributed by atoms with E-state index in [2.05, 4.69) is 22.0 Å². The molecule has 0 saturated carbocycles. The van der Waals surface area contributed by atoms with Crippen LogP contribution in [0.1, 0.15) is 26.7 Å². The molecule has 0 aliphatic heterocycles. The third kappa shape index (κ3) is 4.97. The molecule has 0 amide bonds. The molecule has 0 aromatic heterocycles. The molecule has 0 heterocycles. The fourth-order valence-electron chi connectivity index (χ4n) is 1.34. The van der Waals surface area contributed by atoms with Gasteiger partial charge >= 0.3 is 0 Å². The molecule has 4 heteroatoms. The molecule has 0 radical (unpaired) electrons. The van der Waals surface area contributed by atoms with Gasteiger partial charge in [0.05, 0.1) is 23.1 Å². The fraction of sp³-hybridized carbons (Fsp3) is 0.462. The maximum Gasteiger partial charge on any atom is 0.139 e. The third-order valence-electron chi connectivity index (χ3n) is 2.40. The SMILES string of the molecule is CC(C)(C#N)CCCOc1cc(Br)ccc1Cl. The molecule has 1 aromatic rings. The predicted molar refractivity (Wildman–Crippen MR) is 73.3 cm³/mol. The van der Waals surface area contributed by atoms with E-state index in [1.165, 1.54) is 0 Å². The molecule has 0 unspecified atom stereocenters. The molecular weight excluding hydrogens is 302 g/mol. The minimum Gasteiger partial charge on any atom is -0.492 e. The number of nitriles is 1. The monoisotopic (exact) mass is 315 g/mol. The van der Waals surface area contributed by atoms with Gasteiger partial charge in [0.1, 0.15) is 5.75 Å². The van der Waals surface area contributed by atoms with Crippen LogP contribution in [0, 0.1) is 16.7 Å². The lowest BCUT2D eigenvalue weighted by Crippen LogP contribution is -2.10. The maximum atomic E-state index is 8.87. The Morgan fingerprint density at radius 1 is 1.47 bits per heavy atom. The molecular formula is C13H15BrClNO. The van der Waals surface area contributed by atoms with Crippen molar-refractivity contribution in [2.75, 3.05) is 6.61 Å². The number of halogens is 2. The lowest BCUT2D eigenvalue weighted by molar-refractivity contribution is 0.284. The van der Waals surface area contributed by atoms with Crippen LogP contribution < -0.4 is 4.74 Å². The minimum atomic E-state index is -0.287. The van der Waals surface area contributed by atoms with Gasteiger partial charge in [-0.15, -0.1) is 0 Å². The summed E-state index contributed by atoms with van der Waals surface area (Å²) < 4.78 is 6.53. The number of nitrogens with zero attached hydrogens (tertiary/aromatic N) is 1. The topological polar surface area (TPSA) is 33.0 Å². The van der Waals surface area contributed by atoms with Gasteiger partial charge in [0.15, 0.2) is 0 Å². The summed E-state index contributed by atoms with van der Waals surface area (Å²) >= 11 is 9.36. The number of hydrogen-bond donors (Lipinski definition) is 0. The van der Waals surface area contributed by atoms with Crippen molar-refractivity contribution in [3.05, 3.63) is 27.7 Å². The van der Waals surface area contributed by atoms with Crippen LogP contribution >= 0.6 is 27.5 Å². The van der Waals surface area contributed by atoms with Gasteiger partial charge < -0.3 is 4.74 Å². The molecule has 0 fully saturated rings. The average molecular weight is 317 g/mol. The van der Waals surface area contributed by atoms with Crippen molar-refractivity contribution < 1.29 is 4.74 Å². The van der Waals surface area contributed by atoms with Crippen molar-refractivity contribution in [1.29, 1.82) is 5.26 Å². The molecule has 0 saturated heterocycles. The summed E-state index contributed by atoms with van der Waals surface area (Å²) in [5.74, 6) is 0.677. The summed E-state index contributed by atoms with van der Waals surface area (Å²) in [7, 11) is 0. The summed E-state index contributed by atoms with van der Waals surface area (Å²) in [5.41, 5.74) is -0.287. The Bertz CT molecular complexity index is 426. The Kier molecular flexibility index (Phi) is 5.30. The van der Waals surface area contributed by atoms with Crippen LogP contribution in [0.2, 0.25) is 5.02 Å². The molecule has 1 rings (SSSR count). The van der Waals surface area contributed by atoms with Crippen LogP contribution in [0.3, 0.4) is 0 Å². The van der Waals surface area contributed by atoms with Gasteiger partial charge in [-0.05, 0) is 44.9 Å². The van der Waals surface area contributed by atoms with E-state index in [9.17, 15) is 0 Å². The lowest BCUT2D eigenvalue weighted by Gasteiger charge is -2.15. The normalized spacial score (nSPS) is 11.0. The zero-order valence-electron chi connectivity index (χ0n) is 9.96. The Balaban J connectivity index is 2.42. The van der Waals surface area contributed by atoms with E-state index >= 15 is 0 Å². The van der Waals surface area contributed by atoms with Crippen molar-refractivity contribution in [2.45, 2.75) is 26.7 Å². The van der Waals surface area contributed by atoms with E-state index in [1.807, 2.05) is 26.0 Å². The first-order chi connectivity index (χ1) is 7.94. The molecule has 0 spiro atoms. The van der Waals surface area contributed by atoms with E-state index in [0.29, 0.717) is 17.4 Å². The lowest BCUT2D eigenvalue weighted by atomic mass is 9.90. The van der Waals surface area contributed by atoms with Gasteiger partial charge in [-0.3, -0.25) is 0 Å². The second kappa shape index (κ2) is 6.28. The molecule has 92 valence electrons. The Hall–Kier alpha value is -0.720. The van der Waals surface area contributed by atoms with Gasteiger partial charge in [0.25, 0.3) is 0 Å². The number of hydrogen-bond acceptors (Lipinski definition) is 2. The van der Waals surface area contributed by atoms with Crippen LogP contribution in [0.5, 0.6) is 5.75 Å². The third-order valence-corrected chi connectivity index (χ3v) is 3.21. The summed E-state index contributed by atoms with van der Waals surface area (Å²) in [6, 6.07) is 7.78. The molecule has 0 aliphatic carbocycles. The summed E-state index contributed by atoms with van der Waals surface area (Å²) in [5, 5.41) is 9.48. The first kappa shape index (κ1) is 14.3. The quantitative estimate of drug-likeness (QED) is 0.730. The van der Waals surface area contributed by atoms with Gasteiger partial charge in [-0.25, -0.2) is 0 Å². The van der Waals surface area contributed by atoms with E-state index in [1.54, 1.807) is 6.07 Å². The van der Waals surface area contributed by atoms with Crippen LogP contribution in [0.25, 0.3) is 0 Å². The smallest absolute Gasteiger partial charge is 0.139 e. The number of rotatable bonds is 5. The molecule has 0 aliphatic rings. The van der Waals surface area contributed by atoms with Crippen LogP contribution in [0.4, 0.5) is 0 Å². The molecule has 17 heavy (non-hydrogen) atoms. The highest BCUT2D eigenvalue weighted by Gasteiger charge is 2.15. The average Bonchev–Trinajstić information content (AvgIpc) is 2.29. The maximum absolute atomic E-state index is 8.87. The largest absolute Gasteiger partial charge is 0.492 e. The standard InChI is InChI=1S/C13H15BrClNO/c1-13(2,9-16)6-3-7-17-12-8-10(14)4-5-11(12)15/h4-5,8H,3,6-7H2,1-2H3. The van der Waals surface area contributed by atoms with Crippen molar-refractivity contribution >= 4 is 27.5 Å². The Labute approximate surface area is 116 Å². The van der Waals surface area contributed by atoms with Crippen LogP contribution in [-0.4, -0.2) is 6.61 Å². The summed E-state index contributed by atoms with van der Waals surface area (Å²) in [4.78, 5) is 0. The van der Waals surface area contributed by atoms with Crippen molar-refractivity contribution in [3.8, 4) is 11.8 Å². The molecule has 0 bridgehead atoms. The van der Waals surface area contributed by atoms with E-state index in [-0.39, 0.29) is 5.41 Å². The number of ether oxygens (including phenoxy) is 1. The van der Waals surface area contributed by atoms with Crippen molar-refractivity contribution in [3.63, 3.8) is 0 Å². The first-order valence-corrected chi connectivity index (χ1v) is 6.61. The van der Waals surface area contributed by atoms with Crippen LogP contribution in [0.15, 0.2) is 22.7 Å². The zero-order chi connectivity index (χ0) is 12.9. The fourth-order valence-corrected chi connectivity index (χ4v) is 1.85. The highest BCUT2D eigenvalue weighted by Crippen LogP contribution is 2.28. The van der Waals surface area contributed by atoms with Gasteiger partial charge in [0, 0.05) is 4.47 Å². The molecule has 2 nitrogen and oxygen atoms in total. The molecule has 0 N–H and O–H groups in total. The van der Waals surface area contributed by atoms with Gasteiger partial charge in [-0.1, -0.05) is 27.5 Å². The van der Waals surface area contributed by atoms with E-state index in [4.69, 9.17) is 21.6 Å². The van der Waals surface area contributed by atoms with Crippen molar-refractivity contribution in [2.24, 2.45) is 5.41 Å². The zero-order valence-corrected chi connectivity index (χ0v) is 12.3. The highest BCUT2D eigenvalue weighted by molar-refractivity contribution is 9.10. The van der Waals surface area contributed by atoms with Crippen molar-refractivity contribution in [1.82, 2.24) is 0 Å². The van der Waals surface area contributed by atoms with Crippen LogP contribution in [-0.2, 0) is 0 Å². The molecule has 1 aromatic carbocycles. The summed E-state index contributed by atoms with van der Waals surface area (Å²) in [6.45, 7) is 4.43. The Morgan fingerprint density at radius 3 is 2.82 bits per heavy atom. The van der Waals surface area contributed by atoms with E-state index in [0.717, 1.165) is 17.3 Å². The second-order valence-corrected chi connectivity index (χ2v) is 5.85. The highest BCUT2D eigenvalue weighted by atomic mass is 79.9. The Morgan fingerprint density at radius 2 is 2.18 bits per heavy atom. The molecule has 0 atom stereocenters.